The maximum atomic E-state index is 13.4. The Morgan fingerprint density at radius 1 is 0.940 bits per heavy atom. The number of hydrogen-bond acceptors (Lipinski definition) is 7. The lowest BCUT2D eigenvalue weighted by molar-refractivity contribution is -0.224. The molecule has 0 aromatic heterocycles. The third kappa shape index (κ3) is 9.82. The van der Waals surface area contributed by atoms with Gasteiger partial charge in [-0.15, -0.1) is 0 Å². The summed E-state index contributed by atoms with van der Waals surface area (Å²) in [7, 11) is -1.49. The number of benzene rings is 2. The molecule has 0 radical (unpaired) electrons. The molecule has 8 nitrogen and oxygen atoms in total. The van der Waals surface area contributed by atoms with Gasteiger partial charge in [0.25, 0.3) is 5.91 Å². The molecule has 7 unspecified atom stereocenters. The molecule has 2 aromatic rings. The molecule has 278 valence electrons. The highest BCUT2D eigenvalue weighted by Crippen LogP contribution is 2.47. The molecule has 2 aromatic carbocycles. The molecule has 10 heteroatoms. The first-order chi connectivity index (χ1) is 24.2. The van der Waals surface area contributed by atoms with Crippen LogP contribution in [0.15, 0.2) is 36.4 Å². The van der Waals surface area contributed by atoms with E-state index in [1.54, 1.807) is 6.07 Å². The van der Waals surface area contributed by atoms with Gasteiger partial charge < -0.3 is 24.4 Å². The van der Waals surface area contributed by atoms with Gasteiger partial charge >= 0.3 is 0 Å². The van der Waals surface area contributed by atoms with Gasteiger partial charge in [-0.3, -0.25) is 9.52 Å². The molecule has 1 aliphatic carbocycles. The zero-order valence-corrected chi connectivity index (χ0v) is 32.5. The Kier molecular flexibility index (Phi) is 14.9. The lowest BCUT2D eigenvalue weighted by Gasteiger charge is -2.47. The van der Waals surface area contributed by atoms with Crippen LogP contribution in [0.1, 0.15) is 107 Å². The first-order valence-electron chi connectivity index (χ1n) is 19.2. The molecule has 2 N–H and O–H groups in total. The Bertz CT molecular complexity index is 1420. The fourth-order valence-electron chi connectivity index (χ4n) is 8.04. The first-order valence-corrected chi connectivity index (χ1v) is 20.8. The zero-order valence-electron chi connectivity index (χ0n) is 30.9. The monoisotopic (exact) mass is 729 g/mol. The number of carbonyl (C=O) groups is 1. The first kappa shape index (κ1) is 39.0. The smallest absolute Gasteiger partial charge is 0.263 e. The molecule has 1 amide bonds. The average Bonchev–Trinajstić information content (AvgIpc) is 3.29. The molecule has 2 fully saturated rings. The summed E-state index contributed by atoms with van der Waals surface area (Å²) < 4.78 is 35.1. The van der Waals surface area contributed by atoms with E-state index in [4.69, 9.17) is 25.8 Å². The third-order valence-electron chi connectivity index (χ3n) is 11.2. The number of rotatable bonds is 6. The van der Waals surface area contributed by atoms with E-state index in [1.165, 1.54) is 24.0 Å². The van der Waals surface area contributed by atoms with Crippen molar-refractivity contribution in [3.63, 3.8) is 0 Å². The summed E-state index contributed by atoms with van der Waals surface area (Å²) in [4.78, 5) is 15.9. The summed E-state index contributed by atoms with van der Waals surface area (Å²) in [6, 6.07) is 11.9. The van der Waals surface area contributed by atoms with Gasteiger partial charge in [-0.05, 0) is 118 Å². The van der Waals surface area contributed by atoms with Gasteiger partial charge in [-0.1, -0.05) is 58.2 Å². The standard InChI is InChI=1S/C36H49ClN2O5S.C4H11N/c1-4-7-25-18-29(37)12-14-30(25)28-21-39-20-27-10-13-31(27)32(36-42-16-6-17-43-36)9-5-8-23(2)24(3)45(41)38-35(40)26-11-15-34(44-22-28)33(39)19-26;1-3-5-4-2/h11-12,14-15,18-19,23-24,27-28,31-32,36H,4-10,13,16-17,20-22H2,1-3H3,(H,38,40);5H,3-4H2,1-2H3. The van der Waals surface area contributed by atoms with E-state index in [9.17, 15) is 9.00 Å². The zero-order chi connectivity index (χ0) is 35.6. The Balaban J connectivity index is 0.000000908. The molecular weight excluding hydrogens is 670 g/mol. The van der Waals surface area contributed by atoms with Crippen LogP contribution in [-0.2, 0) is 26.9 Å². The number of amides is 1. The molecule has 7 atom stereocenters. The largest absolute Gasteiger partial charge is 0.491 e. The van der Waals surface area contributed by atoms with Gasteiger partial charge in [-0.25, -0.2) is 4.21 Å². The van der Waals surface area contributed by atoms with Crippen molar-refractivity contribution in [2.75, 3.05) is 50.9 Å². The van der Waals surface area contributed by atoms with E-state index >= 15 is 0 Å². The van der Waals surface area contributed by atoms with Gasteiger partial charge in [0.1, 0.15) is 16.7 Å². The van der Waals surface area contributed by atoms with E-state index in [2.05, 4.69) is 54.8 Å². The van der Waals surface area contributed by atoms with Crippen molar-refractivity contribution in [1.29, 1.82) is 0 Å². The highest BCUT2D eigenvalue weighted by atomic mass is 35.5. The van der Waals surface area contributed by atoms with Crippen molar-refractivity contribution in [2.45, 2.75) is 103 Å². The van der Waals surface area contributed by atoms with E-state index in [-0.39, 0.29) is 29.3 Å². The van der Waals surface area contributed by atoms with Crippen LogP contribution in [0.5, 0.6) is 5.75 Å². The number of anilines is 1. The summed E-state index contributed by atoms with van der Waals surface area (Å²) in [5, 5.41) is 3.72. The van der Waals surface area contributed by atoms with Crippen molar-refractivity contribution in [3.05, 3.63) is 58.1 Å². The van der Waals surface area contributed by atoms with Crippen molar-refractivity contribution < 1.29 is 23.2 Å². The molecule has 6 rings (SSSR count). The third-order valence-corrected chi connectivity index (χ3v) is 13.0. The number of aryl methyl sites for hydroxylation is 1. The highest BCUT2D eigenvalue weighted by molar-refractivity contribution is 7.84. The van der Waals surface area contributed by atoms with Crippen LogP contribution in [0.25, 0.3) is 0 Å². The van der Waals surface area contributed by atoms with Gasteiger partial charge in [0.15, 0.2) is 6.29 Å². The molecule has 2 bridgehead atoms. The number of nitrogens with zero attached hydrogens (tertiary/aromatic N) is 1. The number of nitrogens with one attached hydrogen (secondary N) is 2. The van der Waals surface area contributed by atoms with Gasteiger partial charge in [-0.2, -0.15) is 0 Å². The predicted molar refractivity (Wildman–Crippen MR) is 205 cm³/mol. The van der Waals surface area contributed by atoms with Gasteiger partial charge in [0.2, 0.25) is 0 Å². The van der Waals surface area contributed by atoms with Crippen LogP contribution < -0.4 is 19.7 Å². The Hall–Kier alpha value is -2.17. The average molecular weight is 730 g/mol. The minimum Gasteiger partial charge on any atom is -0.491 e. The van der Waals surface area contributed by atoms with Crippen molar-refractivity contribution in [3.8, 4) is 5.75 Å². The fraction of sp³-hybridized carbons (Fsp3) is 0.675. The number of halogens is 1. The van der Waals surface area contributed by atoms with Crippen molar-refractivity contribution in [1.82, 2.24) is 10.0 Å². The van der Waals surface area contributed by atoms with Crippen LogP contribution >= 0.6 is 11.6 Å². The molecule has 3 aliphatic heterocycles. The SMILES string of the molecule is CCCc1cc(Cl)ccc1C1COc2ccc3cc2N(C1)CC1CCC1C(C1OCCCO1)CCCC(C)C(C)S(=O)NC3=O.CCNCC. The second-order valence-electron chi connectivity index (χ2n) is 14.6. The number of fused-ring (bicyclic) bond motifs is 2. The normalized spacial score (nSPS) is 29.3. The minimum atomic E-state index is -1.49. The van der Waals surface area contributed by atoms with E-state index in [1.807, 2.05) is 25.1 Å². The number of carbonyl (C=O) groups excluding carboxylic acids is 1. The number of hydrogen-bond donors (Lipinski definition) is 2. The predicted octanol–water partition coefficient (Wildman–Crippen LogP) is 7.90. The molecule has 1 saturated heterocycles. The Morgan fingerprint density at radius 3 is 2.40 bits per heavy atom. The molecular formula is C40H60ClN3O5S. The summed E-state index contributed by atoms with van der Waals surface area (Å²) in [5.74, 6) is 2.17. The lowest BCUT2D eigenvalue weighted by Crippen LogP contribution is -2.47. The van der Waals surface area contributed by atoms with Crippen LogP contribution in [0.4, 0.5) is 5.69 Å². The maximum Gasteiger partial charge on any atom is 0.263 e. The van der Waals surface area contributed by atoms with Crippen LogP contribution in [-0.4, -0.2) is 67.7 Å². The van der Waals surface area contributed by atoms with Crippen molar-refractivity contribution in [2.24, 2.45) is 23.7 Å². The molecule has 50 heavy (non-hydrogen) atoms. The molecule has 0 spiro atoms. The van der Waals surface area contributed by atoms with Crippen LogP contribution in [0, 0.1) is 23.7 Å². The van der Waals surface area contributed by atoms with Crippen LogP contribution in [0.2, 0.25) is 5.02 Å². The maximum absolute atomic E-state index is 13.4. The summed E-state index contributed by atoms with van der Waals surface area (Å²) >= 11 is 6.45. The Labute approximate surface area is 308 Å². The van der Waals surface area contributed by atoms with E-state index in [0.29, 0.717) is 29.9 Å². The highest BCUT2D eigenvalue weighted by Gasteiger charge is 2.43. The van der Waals surface area contributed by atoms with Gasteiger partial charge in [0, 0.05) is 35.5 Å². The number of ether oxygens (including phenoxy) is 3. The fourth-order valence-corrected chi connectivity index (χ4v) is 9.28. The quantitative estimate of drug-likeness (QED) is 0.313. The van der Waals surface area contributed by atoms with Crippen molar-refractivity contribution >= 4 is 34.2 Å². The van der Waals surface area contributed by atoms with Gasteiger partial charge in [0.05, 0.1) is 30.8 Å². The van der Waals surface area contributed by atoms with Crippen LogP contribution in [0.3, 0.4) is 0 Å². The molecule has 3 heterocycles. The van der Waals surface area contributed by atoms with E-state index < -0.39 is 11.0 Å². The topological polar surface area (TPSA) is 89.1 Å². The summed E-state index contributed by atoms with van der Waals surface area (Å²) in [6.45, 7) is 16.4. The summed E-state index contributed by atoms with van der Waals surface area (Å²) in [5.41, 5.74) is 4.00. The van der Waals surface area contributed by atoms with E-state index in [0.717, 1.165) is 94.4 Å². The lowest BCUT2D eigenvalue weighted by atomic mass is 9.65. The minimum absolute atomic E-state index is 0.147. The molecule has 1 saturated carbocycles. The summed E-state index contributed by atoms with van der Waals surface area (Å²) in [6.07, 6.45) is 8.14. The second-order valence-corrected chi connectivity index (χ2v) is 16.6. The molecule has 4 aliphatic rings. The Morgan fingerprint density at radius 2 is 1.72 bits per heavy atom. The second kappa shape index (κ2) is 19.1.